The molecule has 0 aliphatic rings. The predicted octanol–water partition coefficient (Wildman–Crippen LogP) is -0.573. The van der Waals surface area contributed by atoms with Gasteiger partial charge >= 0.3 is 0 Å². The lowest BCUT2D eigenvalue weighted by Gasteiger charge is -2.23. The summed E-state index contributed by atoms with van der Waals surface area (Å²) in [4.78, 5) is 13.5. The third-order valence-electron chi connectivity index (χ3n) is 2.38. The number of aliphatic hydroxyl groups excluding tert-OH is 1. The summed E-state index contributed by atoms with van der Waals surface area (Å²) in [5.41, 5.74) is 6.51. The van der Waals surface area contributed by atoms with E-state index in [1.54, 1.807) is 30.2 Å². The fourth-order valence-electron chi connectivity index (χ4n) is 1.51. The van der Waals surface area contributed by atoms with Gasteiger partial charge in [0.15, 0.2) is 0 Å². The molecule has 6 nitrogen and oxygen atoms in total. The first kappa shape index (κ1) is 13.4. The minimum absolute atomic E-state index is 0.0979. The number of hydrogen-bond acceptors (Lipinski definition) is 4. The lowest BCUT2D eigenvalue weighted by molar-refractivity contribution is -0.132. The van der Waals surface area contributed by atoms with Gasteiger partial charge in [-0.3, -0.25) is 9.48 Å². The van der Waals surface area contributed by atoms with Gasteiger partial charge in [0, 0.05) is 31.9 Å². The number of carbonyl (C=O) groups is 1. The van der Waals surface area contributed by atoms with Gasteiger partial charge in [0.25, 0.3) is 0 Å². The maximum Gasteiger partial charge on any atom is 0.244 e. The van der Waals surface area contributed by atoms with Crippen LogP contribution in [0.1, 0.15) is 11.6 Å². The van der Waals surface area contributed by atoms with Crippen LogP contribution in [-0.4, -0.2) is 45.4 Å². The third-order valence-corrected chi connectivity index (χ3v) is 2.38. The lowest BCUT2D eigenvalue weighted by atomic mass is 10.1. The number of nitrogens with zero attached hydrogens (tertiary/aromatic N) is 3. The van der Waals surface area contributed by atoms with Gasteiger partial charge < -0.3 is 15.7 Å². The molecule has 1 aromatic rings. The fraction of sp³-hybridized carbons (Fsp3) is 0.455. The van der Waals surface area contributed by atoms with Crippen molar-refractivity contribution in [3.63, 3.8) is 0 Å². The van der Waals surface area contributed by atoms with E-state index < -0.39 is 6.04 Å². The van der Waals surface area contributed by atoms with Crippen LogP contribution in [0.2, 0.25) is 0 Å². The number of carbonyl (C=O) groups excluding carboxylic acids is 1. The van der Waals surface area contributed by atoms with Crippen molar-refractivity contribution in [2.24, 2.45) is 12.8 Å². The van der Waals surface area contributed by atoms with E-state index in [1.807, 2.05) is 0 Å². The van der Waals surface area contributed by atoms with Gasteiger partial charge in [-0.25, -0.2) is 0 Å². The molecule has 0 aliphatic heterocycles. The summed E-state index contributed by atoms with van der Waals surface area (Å²) in [6.07, 6.45) is 4.87. The van der Waals surface area contributed by atoms with E-state index in [0.717, 1.165) is 0 Å². The van der Waals surface area contributed by atoms with E-state index in [4.69, 9.17) is 10.8 Å². The Morgan fingerprint density at radius 1 is 1.82 bits per heavy atom. The van der Waals surface area contributed by atoms with Crippen LogP contribution in [0, 0.1) is 0 Å². The summed E-state index contributed by atoms with van der Waals surface area (Å²) in [6.45, 7) is 4.09. The van der Waals surface area contributed by atoms with Crippen molar-refractivity contribution in [2.45, 2.75) is 6.04 Å². The van der Waals surface area contributed by atoms with E-state index in [1.165, 1.54) is 4.90 Å². The van der Waals surface area contributed by atoms with Crippen LogP contribution in [0.15, 0.2) is 25.0 Å². The number of aryl methyl sites for hydroxylation is 1. The molecule has 1 rings (SSSR count). The molecule has 1 atom stereocenters. The number of aliphatic hydroxyl groups is 1. The van der Waals surface area contributed by atoms with Crippen LogP contribution in [0.25, 0.3) is 0 Å². The first-order valence-electron chi connectivity index (χ1n) is 5.34. The number of hydrogen-bond donors (Lipinski definition) is 2. The highest BCUT2D eigenvalue weighted by Gasteiger charge is 2.22. The van der Waals surface area contributed by atoms with Gasteiger partial charge in [-0.2, -0.15) is 5.10 Å². The maximum atomic E-state index is 12.0. The first-order chi connectivity index (χ1) is 8.10. The van der Waals surface area contributed by atoms with Gasteiger partial charge in [-0.15, -0.1) is 6.58 Å². The molecule has 0 aliphatic carbocycles. The smallest absolute Gasteiger partial charge is 0.244 e. The molecule has 0 fully saturated rings. The highest BCUT2D eigenvalue weighted by Crippen LogP contribution is 2.11. The lowest BCUT2D eigenvalue weighted by Crippen LogP contribution is -2.40. The van der Waals surface area contributed by atoms with Crippen LogP contribution in [0.5, 0.6) is 0 Å². The normalized spacial score (nSPS) is 12.2. The molecule has 1 heterocycles. The van der Waals surface area contributed by atoms with Crippen molar-refractivity contribution in [3.05, 3.63) is 30.6 Å². The maximum absolute atomic E-state index is 12.0. The Morgan fingerprint density at radius 2 is 2.53 bits per heavy atom. The van der Waals surface area contributed by atoms with Gasteiger partial charge in [0.05, 0.1) is 12.8 Å². The van der Waals surface area contributed by atoms with Gasteiger partial charge in [0.2, 0.25) is 5.91 Å². The zero-order chi connectivity index (χ0) is 12.8. The molecule has 1 amide bonds. The van der Waals surface area contributed by atoms with E-state index in [2.05, 4.69) is 11.7 Å². The quantitative estimate of drug-likeness (QED) is 0.650. The molecule has 0 bridgehead atoms. The molecular formula is C11H18N4O2. The van der Waals surface area contributed by atoms with Gasteiger partial charge in [0.1, 0.15) is 6.04 Å². The molecule has 0 aromatic carbocycles. The molecule has 1 unspecified atom stereocenters. The minimum atomic E-state index is -0.754. The number of aromatic nitrogens is 2. The Balaban J connectivity index is 2.75. The van der Waals surface area contributed by atoms with E-state index >= 15 is 0 Å². The minimum Gasteiger partial charge on any atom is -0.395 e. The Kier molecular flexibility index (Phi) is 4.86. The molecule has 6 heteroatoms. The predicted molar refractivity (Wildman–Crippen MR) is 64.0 cm³/mol. The first-order valence-corrected chi connectivity index (χ1v) is 5.34. The second-order valence-electron chi connectivity index (χ2n) is 3.72. The van der Waals surface area contributed by atoms with E-state index in [0.29, 0.717) is 12.1 Å². The highest BCUT2D eigenvalue weighted by molar-refractivity contribution is 5.83. The van der Waals surface area contributed by atoms with Crippen LogP contribution in [0.4, 0.5) is 0 Å². The summed E-state index contributed by atoms with van der Waals surface area (Å²) in [5, 5.41) is 12.9. The van der Waals surface area contributed by atoms with Crippen LogP contribution >= 0.6 is 0 Å². The second-order valence-corrected chi connectivity index (χ2v) is 3.72. The zero-order valence-electron chi connectivity index (χ0n) is 9.91. The molecule has 0 radical (unpaired) electrons. The average molecular weight is 238 g/mol. The molecule has 0 spiro atoms. The SMILES string of the molecule is C=CCN(CCO)C(=O)C(N)c1cnn(C)c1. The van der Waals surface area contributed by atoms with Crippen molar-refractivity contribution in [1.82, 2.24) is 14.7 Å². The zero-order valence-corrected chi connectivity index (χ0v) is 9.91. The topological polar surface area (TPSA) is 84.4 Å². The number of nitrogens with two attached hydrogens (primary N) is 1. The molecule has 94 valence electrons. The standard InChI is InChI=1S/C11H18N4O2/c1-3-4-15(5-6-16)11(17)10(12)9-7-13-14(2)8-9/h3,7-8,10,16H,1,4-6,12H2,2H3. The Hall–Kier alpha value is -1.66. The molecule has 3 N–H and O–H groups in total. The van der Waals surface area contributed by atoms with Crippen molar-refractivity contribution in [3.8, 4) is 0 Å². The van der Waals surface area contributed by atoms with Crippen molar-refractivity contribution >= 4 is 5.91 Å². The van der Waals surface area contributed by atoms with E-state index in [-0.39, 0.29) is 19.1 Å². The molecular weight excluding hydrogens is 220 g/mol. The Labute approximate surface area is 100 Å². The summed E-state index contributed by atoms with van der Waals surface area (Å²) >= 11 is 0. The van der Waals surface area contributed by atoms with Crippen LogP contribution in [0.3, 0.4) is 0 Å². The third kappa shape index (κ3) is 3.40. The van der Waals surface area contributed by atoms with E-state index in [9.17, 15) is 4.79 Å². The number of amides is 1. The summed E-state index contributed by atoms with van der Waals surface area (Å²) in [7, 11) is 1.76. The average Bonchev–Trinajstić information content (AvgIpc) is 2.73. The van der Waals surface area contributed by atoms with Gasteiger partial charge in [-0.1, -0.05) is 6.08 Å². The summed E-state index contributed by atoms with van der Waals surface area (Å²) in [5.74, 6) is -0.244. The molecule has 0 saturated carbocycles. The summed E-state index contributed by atoms with van der Waals surface area (Å²) in [6, 6.07) is -0.754. The van der Waals surface area contributed by atoms with Crippen LogP contribution < -0.4 is 5.73 Å². The van der Waals surface area contributed by atoms with Crippen molar-refractivity contribution in [1.29, 1.82) is 0 Å². The second kappa shape index (κ2) is 6.17. The van der Waals surface area contributed by atoms with Crippen LogP contribution in [-0.2, 0) is 11.8 Å². The molecule has 1 aromatic heterocycles. The highest BCUT2D eigenvalue weighted by atomic mass is 16.3. The van der Waals surface area contributed by atoms with Gasteiger partial charge in [-0.05, 0) is 0 Å². The largest absolute Gasteiger partial charge is 0.395 e. The summed E-state index contributed by atoms with van der Waals surface area (Å²) < 4.78 is 1.59. The monoisotopic (exact) mass is 238 g/mol. The molecule has 0 saturated heterocycles. The van der Waals surface area contributed by atoms with Crippen molar-refractivity contribution in [2.75, 3.05) is 19.7 Å². The Bertz CT molecular complexity index is 389. The fourth-order valence-corrected chi connectivity index (χ4v) is 1.51. The molecule has 17 heavy (non-hydrogen) atoms. The number of rotatable bonds is 6. The van der Waals surface area contributed by atoms with Crippen molar-refractivity contribution < 1.29 is 9.90 Å². The Morgan fingerprint density at radius 3 is 3.00 bits per heavy atom.